The quantitative estimate of drug-likeness (QED) is 0.433. The number of fused-ring (bicyclic) bond motifs is 1. The molecule has 0 bridgehead atoms. The fourth-order valence-corrected chi connectivity index (χ4v) is 5.33. The summed E-state index contributed by atoms with van der Waals surface area (Å²) in [7, 11) is 0. The minimum absolute atomic E-state index is 0.0195. The first-order valence-electron chi connectivity index (χ1n) is 9.29. The van der Waals surface area contributed by atoms with Crippen molar-refractivity contribution >= 4 is 57.3 Å². The smallest absolute Gasteiger partial charge is 0.413 e. The van der Waals surface area contributed by atoms with Gasteiger partial charge in [-0.3, -0.25) is 10.1 Å². The number of benzene rings is 1. The van der Waals surface area contributed by atoms with Gasteiger partial charge in [-0.25, -0.2) is 9.78 Å². The highest BCUT2D eigenvalue weighted by Crippen LogP contribution is 2.34. The first-order chi connectivity index (χ1) is 14.5. The van der Waals surface area contributed by atoms with Crippen molar-refractivity contribution in [2.24, 2.45) is 0 Å². The van der Waals surface area contributed by atoms with E-state index in [-0.39, 0.29) is 18.3 Å². The molecule has 0 spiro atoms. The molecule has 1 aliphatic rings. The van der Waals surface area contributed by atoms with Gasteiger partial charge in [-0.1, -0.05) is 29.2 Å². The maximum Gasteiger partial charge on any atom is 0.413 e. The number of nitrogens with one attached hydrogen (secondary N) is 1. The van der Waals surface area contributed by atoms with Crippen molar-refractivity contribution in [1.29, 1.82) is 0 Å². The van der Waals surface area contributed by atoms with Crippen molar-refractivity contribution in [2.45, 2.75) is 24.6 Å². The van der Waals surface area contributed by atoms with E-state index < -0.39 is 6.09 Å². The number of ether oxygens (including phenoxy) is 1. The molecule has 1 aromatic carbocycles. The molecular weight excluding hydrogens is 442 g/mol. The summed E-state index contributed by atoms with van der Waals surface area (Å²) in [5, 5.41) is 13.8. The zero-order valence-corrected chi connectivity index (χ0v) is 18.8. The number of amides is 2. The lowest BCUT2D eigenvalue weighted by Crippen LogP contribution is -2.30. The zero-order valence-electron chi connectivity index (χ0n) is 16.4. The van der Waals surface area contributed by atoms with Gasteiger partial charge in [-0.15, -0.1) is 21.5 Å². The second-order valence-electron chi connectivity index (χ2n) is 6.40. The van der Waals surface area contributed by atoms with Gasteiger partial charge in [0.2, 0.25) is 11.0 Å². The highest BCUT2D eigenvalue weighted by atomic mass is 32.2. The van der Waals surface area contributed by atoms with Gasteiger partial charge in [0.15, 0.2) is 4.34 Å². The van der Waals surface area contributed by atoms with E-state index in [9.17, 15) is 9.59 Å². The molecule has 4 rings (SSSR count). The van der Waals surface area contributed by atoms with Crippen LogP contribution in [0, 0.1) is 6.92 Å². The second kappa shape index (κ2) is 9.11. The lowest BCUT2D eigenvalue weighted by molar-refractivity contribution is -0.116. The standard InChI is InChI=1S/C19H19N5O3S3/c1-3-27-18(26)21-17-22-23-19(30-17)29-10-16(25)24-7-6-13-8-12(4-5-15(13)24)14-9-28-11(2)20-14/h4-5,8-9H,3,6-7,10H2,1-2H3,(H,21,22,26). The van der Waals surface area contributed by atoms with Gasteiger partial charge >= 0.3 is 6.09 Å². The van der Waals surface area contributed by atoms with Crippen molar-refractivity contribution in [3.63, 3.8) is 0 Å². The largest absolute Gasteiger partial charge is 0.450 e. The van der Waals surface area contributed by atoms with Crippen molar-refractivity contribution in [3.05, 3.63) is 34.2 Å². The van der Waals surface area contributed by atoms with E-state index >= 15 is 0 Å². The van der Waals surface area contributed by atoms with E-state index in [0.717, 1.165) is 33.9 Å². The van der Waals surface area contributed by atoms with Crippen molar-refractivity contribution < 1.29 is 14.3 Å². The van der Waals surface area contributed by atoms with Crippen LogP contribution in [0.3, 0.4) is 0 Å². The summed E-state index contributed by atoms with van der Waals surface area (Å²) in [5.74, 6) is 0.270. The highest BCUT2D eigenvalue weighted by molar-refractivity contribution is 8.01. The summed E-state index contributed by atoms with van der Waals surface area (Å²) in [4.78, 5) is 30.6. The molecule has 0 radical (unpaired) electrons. The average Bonchev–Trinajstić information content (AvgIpc) is 3.45. The molecule has 0 saturated heterocycles. The van der Waals surface area contributed by atoms with Crippen LogP contribution in [-0.2, 0) is 16.0 Å². The summed E-state index contributed by atoms with van der Waals surface area (Å²) < 4.78 is 5.42. The lowest BCUT2D eigenvalue weighted by atomic mass is 10.1. The number of aromatic nitrogens is 3. The van der Waals surface area contributed by atoms with Gasteiger partial charge in [-0.05, 0) is 38.0 Å². The molecule has 30 heavy (non-hydrogen) atoms. The number of nitrogens with zero attached hydrogens (tertiary/aromatic N) is 4. The number of thioether (sulfide) groups is 1. The SMILES string of the molecule is CCOC(=O)Nc1nnc(SCC(=O)N2CCc3cc(-c4csc(C)n4)ccc32)s1. The topological polar surface area (TPSA) is 97.3 Å². The number of carbonyl (C=O) groups excluding carboxylic acids is 2. The zero-order chi connectivity index (χ0) is 21.1. The maximum atomic E-state index is 12.8. The van der Waals surface area contributed by atoms with E-state index in [1.165, 1.54) is 23.1 Å². The van der Waals surface area contributed by atoms with Crippen LogP contribution in [0.1, 0.15) is 17.5 Å². The van der Waals surface area contributed by atoms with Gasteiger partial charge in [-0.2, -0.15) is 0 Å². The molecule has 1 N–H and O–H groups in total. The Morgan fingerprint density at radius 3 is 2.97 bits per heavy atom. The lowest BCUT2D eigenvalue weighted by Gasteiger charge is -2.17. The molecule has 3 heterocycles. The van der Waals surface area contributed by atoms with E-state index in [4.69, 9.17) is 4.74 Å². The van der Waals surface area contributed by atoms with Gasteiger partial charge in [0.1, 0.15) is 0 Å². The first kappa shape index (κ1) is 20.8. The van der Waals surface area contributed by atoms with E-state index in [1.807, 2.05) is 24.0 Å². The Labute approximate surface area is 185 Å². The predicted octanol–water partition coefficient (Wildman–Crippen LogP) is 4.22. The van der Waals surface area contributed by atoms with Crippen LogP contribution in [0.2, 0.25) is 0 Å². The Kier molecular flexibility index (Phi) is 6.30. The number of anilines is 2. The van der Waals surface area contributed by atoms with Gasteiger partial charge in [0, 0.05) is 23.2 Å². The minimum Gasteiger partial charge on any atom is -0.450 e. The van der Waals surface area contributed by atoms with E-state index in [0.29, 0.717) is 16.0 Å². The third-order valence-electron chi connectivity index (χ3n) is 4.40. The van der Waals surface area contributed by atoms with Crippen molar-refractivity contribution in [2.75, 3.05) is 29.1 Å². The van der Waals surface area contributed by atoms with Crippen LogP contribution in [-0.4, -0.2) is 46.1 Å². The Hall–Kier alpha value is -2.50. The molecule has 3 aromatic rings. The molecular formula is C19H19N5O3S3. The van der Waals surface area contributed by atoms with Crippen molar-refractivity contribution in [1.82, 2.24) is 15.2 Å². The molecule has 0 aliphatic carbocycles. The van der Waals surface area contributed by atoms with Crippen LogP contribution < -0.4 is 10.2 Å². The highest BCUT2D eigenvalue weighted by Gasteiger charge is 2.25. The van der Waals surface area contributed by atoms with Gasteiger partial charge < -0.3 is 9.64 Å². The summed E-state index contributed by atoms with van der Waals surface area (Å²) in [6.07, 6.45) is 0.261. The average molecular weight is 462 g/mol. The van der Waals surface area contributed by atoms with Crippen LogP contribution >= 0.6 is 34.4 Å². The second-order valence-corrected chi connectivity index (χ2v) is 9.66. The number of hydrogen-bond donors (Lipinski definition) is 1. The monoisotopic (exact) mass is 461 g/mol. The van der Waals surface area contributed by atoms with Crippen LogP contribution in [0.25, 0.3) is 11.3 Å². The van der Waals surface area contributed by atoms with Gasteiger partial charge in [0.25, 0.3) is 0 Å². The Morgan fingerprint density at radius 2 is 2.20 bits per heavy atom. The number of hydrogen-bond acceptors (Lipinski definition) is 9. The van der Waals surface area contributed by atoms with Crippen molar-refractivity contribution in [3.8, 4) is 11.3 Å². The Bertz CT molecular complexity index is 1080. The fraction of sp³-hybridized carbons (Fsp3) is 0.316. The van der Waals surface area contributed by atoms with Crippen LogP contribution in [0.15, 0.2) is 27.9 Å². The first-order valence-corrected chi connectivity index (χ1v) is 12.0. The number of thiazole rings is 1. The molecule has 0 saturated carbocycles. The molecule has 8 nitrogen and oxygen atoms in total. The van der Waals surface area contributed by atoms with Gasteiger partial charge in [0.05, 0.1) is 23.1 Å². The molecule has 1 aliphatic heterocycles. The molecule has 11 heteroatoms. The molecule has 0 unspecified atom stereocenters. The van der Waals surface area contributed by atoms with E-state index in [1.54, 1.807) is 18.3 Å². The number of rotatable bonds is 6. The molecule has 0 fully saturated rings. The minimum atomic E-state index is -0.567. The Morgan fingerprint density at radius 1 is 1.33 bits per heavy atom. The summed E-state index contributed by atoms with van der Waals surface area (Å²) >= 11 is 4.15. The third-order valence-corrected chi connectivity index (χ3v) is 7.13. The van der Waals surface area contributed by atoms with E-state index in [2.05, 4.69) is 31.9 Å². The summed E-state index contributed by atoms with van der Waals surface area (Å²) in [5.41, 5.74) is 4.17. The molecule has 2 aromatic heterocycles. The van der Waals surface area contributed by atoms with Crippen LogP contribution in [0.5, 0.6) is 0 Å². The summed E-state index contributed by atoms with van der Waals surface area (Å²) in [6.45, 7) is 4.67. The maximum absolute atomic E-state index is 12.8. The summed E-state index contributed by atoms with van der Waals surface area (Å²) in [6, 6.07) is 6.15. The third kappa shape index (κ3) is 4.63. The Balaban J connectivity index is 1.37. The normalized spacial score (nSPS) is 12.7. The number of aryl methyl sites for hydroxylation is 1. The predicted molar refractivity (Wildman–Crippen MR) is 120 cm³/mol. The molecule has 156 valence electrons. The number of carbonyl (C=O) groups is 2. The fourth-order valence-electron chi connectivity index (χ4n) is 3.09. The molecule has 0 atom stereocenters. The molecule has 2 amide bonds. The van der Waals surface area contributed by atoms with Crippen LogP contribution in [0.4, 0.5) is 15.6 Å².